The summed E-state index contributed by atoms with van der Waals surface area (Å²) in [4.78, 5) is 0. The van der Waals surface area contributed by atoms with Crippen LogP contribution in [0.15, 0.2) is 18.2 Å². The first-order chi connectivity index (χ1) is 7.01. The van der Waals surface area contributed by atoms with E-state index < -0.39 is 6.61 Å². The molecule has 0 amide bonds. The Hall–Kier alpha value is -1.16. The molecule has 1 saturated heterocycles. The van der Waals surface area contributed by atoms with Gasteiger partial charge in [0.1, 0.15) is 11.4 Å². The van der Waals surface area contributed by atoms with Gasteiger partial charge in [0.05, 0.1) is 6.61 Å². The van der Waals surface area contributed by atoms with Crippen LogP contribution in [0.1, 0.15) is 18.1 Å². The number of hydrogen-bond acceptors (Lipinski definition) is 2. The zero-order chi connectivity index (χ0) is 11.1. The summed E-state index contributed by atoms with van der Waals surface area (Å²) >= 11 is 0. The monoisotopic (exact) mass is 214 g/mol. The topological polar surface area (TPSA) is 21.8 Å². The van der Waals surface area contributed by atoms with Crippen LogP contribution in [-0.2, 0) is 10.3 Å². The molecular weight excluding hydrogens is 202 g/mol. The Morgan fingerprint density at radius 2 is 2.13 bits per heavy atom. The first-order valence-corrected chi connectivity index (χ1v) is 4.71. The lowest BCUT2D eigenvalue weighted by Crippen LogP contribution is -2.07. The molecule has 1 aromatic carbocycles. The molecule has 1 aliphatic heterocycles. The highest BCUT2D eigenvalue weighted by molar-refractivity contribution is 5.40. The summed E-state index contributed by atoms with van der Waals surface area (Å²) in [6, 6.07) is 5.26. The maximum Gasteiger partial charge on any atom is 0.387 e. The fraction of sp³-hybridized carbons (Fsp3) is 0.455. The molecule has 15 heavy (non-hydrogen) atoms. The molecule has 1 aliphatic rings. The highest BCUT2D eigenvalue weighted by Crippen LogP contribution is 2.39. The molecule has 82 valence electrons. The normalized spacial score (nSPS) is 24.3. The zero-order valence-corrected chi connectivity index (χ0v) is 8.59. The second-order valence-electron chi connectivity index (χ2n) is 3.88. The van der Waals surface area contributed by atoms with Crippen LogP contribution in [-0.4, -0.2) is 13.2 Å². The number of alkyl halides is 2. The molecule has 0 bridgehead atoms. The number of rotatable bonds is 3. The van der Waals surface area contributed by atoms with E-state index in [-0.39, 0.29) is 11.4 Å². The number of hydrogen-bond donors (Lipinski definition) is 0. The van der Waals surface area contributed by atoms with Gasteiger partial charge in [-0.05, 0) is 31.0 Å². The summed E-state index contributed by atoms with van der Waals surface area (Å²) < 4.78 is 33.8. The number of benzene rings is 1. The molecule has 1 unspecified atom stereocenters. The van der Waals surface area contributed by atoms with E-state index in [0.29, 0.717) is 12.2 Å². The van der Waals surface area contributed by atoms with Gasteiger partial charge in [-0.3, -0.25) is 0 Å². The van der Waals surface area contributed by atoms with Gasteiger partial charge in [-0.1, -0.05) is 12.1 Å². The summed E-state index contributed by atoms with van der Waals surface area (Å²) in [5.74, 6) is 0.222. The molecule has 2 nitrogen and oxygen atoms in total. The van der Waals surface area contributed by atoms with E-state index in [1.165, 1.54) is 0 Å². The van der Waals surface area contributed by atoms with E-state index in [0.717, 1.165) is 5.56 Å². The van der Waals surface area contributed by atoms with Gasteiger partial charge in [0.15, 0.2) is 0 Å². The van der Waals surface area contributed by atoms with Gasteiger partial charge in [0.25, 0.3) is 0 Å². The van der Waals surface area contributed by atoms with Crippen molar-refractivity contribution in [2.24, 2.45) is 0 Å². The standard InChI is InChI=1S/C11H12F2O2/c1-7-3-4-8(11(2)6-14-11)5-9(7)15-10(12)13/h3-5,10H,6H2,1-2H3. The molecule has 1 fully saturated rings. The van der Waals surface area contributed by atoms with Crippen LogP contribution < -0.4 is 4.74 Å². The minimum absolute atomic E-state index is 0.222. The van der Waals surface area contributed by atoms with Crippen LogP contribution in [0.25, 0.3) is 0 Å². The smallest absolute Gasteiger partial charge is 0.387 e. The predicted molar refractivity (Wildman–Crippen MR) is 51.1 cm³/mol. The Labute approximate surface area is 86.8 Å². The minimum atomic E-state index is -2.79. The summed E-state index contributed by atoms with van der Waals surface area (Å²) in [7, 11) is 0. The molecular formula is C11H12F2O2. The van der Waals surface area contributed by atoms with Gasteiger partial charge in [0, 0.05) is 0 Å². The number of ether oxygens (including phenoxy) is 2. The van der Waals surface area contributed by atoms with Crippen molar-refractivity contribution in [3.05, 3.63) is 29.3 Å². The van der Waals surface area contributed by atoms with Crippen molar-refractivity contribution < 1.29 is 18.3 Å². The second kappa shape index (κ2) is 3.45. The molecule has 0 N–H and O–H groups in total. The third kappa shape index (κ3) is 2.09. The average molecular weight is 214 g/mol. The molecule has 0 spiro atoms. The van der Waals surface area contributed by atoms with Gasteiger partial charge < -0.3 is 9.47 Å². The SMILES string of the molecule is Cc1ccc(C2(C)CO2)cc1OC(F)F. The molecule has 1 atom stereocenters. The van der Waals surface area contributed by atoms with Crippen molar-refractivity contribution in [1.29, 1.82) is 0 Å². The van der Waals surface area contributed by atoms with E-state index in [1.54, 1.807) is 19.1 Å². The molecule has 1 heterocycles. The fourth-order valence-electron chi connectivity index (χ4n) is 1.43. The van der Waals surface area contributed by atoms with Crippen LogP contribution >= 0.6 is 0 Å². The zero-order valence-electron chi connectivity index (χ0n) is 8.59. The third-order valence-electron chi connectivity index (χ3n) is 2.59. The van der Waals surface area contributed by atoms with Crippen LogP contribution in [0.2, 0.25) is 0 Å². The van der Waals surface area contributed by atoms with Gasteiger partial charge in [-0.2, -0.15) is 8.78 Å². The van der Waals surface area contributed by atoms with Gasteiger partial charge in [-0.15, -0.1) is 0 Å². The van der Waals surface area contributed by atoms with Crippen LogP contribution in [0.5, 0.6) is 5.75 Å². The molecule has 0 aromatic heterocycles. The number of epoxide rings is 1. The van der Waals surface area contributed by atoms with Crippen molar-refractivity contribution >= 4 is 0 Å². The van der Waals surface area contributed by atoms with Crippen molar-refractivity contribution in [2.75, 3.05) is 6.61 Å². The first kappa shape index (κ1) is 10.4. The predicted octanol–water partition coefficient (Wildman–Crippen LogP) is 2.84. The molecule has 0 radical (unpaired) electrons. The maximum atomic E-state index is 12.1. The Balaban J connectivity index is 2.28. The lowest BCUT2D eigenvalue weighted by atomic mass is 10.0. The Morgan fingerprint density at radius 1 is 1.47 bits per heavy atom. The highest BCUT2D eigenvalue weighted by atomic mass is 19.3. The average Bonchev–Trinajstić information content (AvgIpc) is 2.88. The van der Waals surface area contributed by atoms with E-state index in [9.17, 15) is 8.78 Å². The van der Waals surface area contributed by atoms with Crippen molar-refractivity contribution in [1.82, 2.24) is 0 Å². The quantitative estimate of drug-likeness (QED) is 0.721. The van der Waals surface area contributed by atoms with Gasteiger partial charge in [-0.25, -0.2) is 0 Å². The van der Waals surface area contributed by atoms with Crippen molar-refractivity contribution in [3.8, 4) is 5.75 Å². The van der Waals surface area contributed by atoms with E-state index in [2.05, 4.69) is 4.74 Å². The van der Waals surface area contributed by atoms with E-state index in [4.69, 9.17) is 4.74 Å². The van der Waals surface area contributed by atoms with Crippen LogP contribution in [0, 0.1) is 6.92 Å². The minimum Gasteiger partial charge on any atom is -0.435 e. The molecule has 2 rings (SSSR count). The lowest BCUT2D eigenvalue weighted by Gasteiger charge is -2.11. The van der Waals surface area contributed by atoms with Crippen molar-refractivity contribution in [2.45, 2.75) is 26.1 Å². The molecule has 1 aromatic rings. The second-order valence-corrected chi connectivity index (χ2v) is 3.88. The van der Waals surface area contributed by atoms with E-state index >= 15 is 0 Å². The van der Waals surface area contributed by atoms with Crippen molar-refractivity contribution in [3.63, 3.8) is 0 Å². The maximum absolute atomic E-state index is 12.1. The molecule has 0 saturated carbocycles. The summed E-state index contributed by atoms with van der Waals surface area (Å²) in [6.07, 6.45) is 0. The summed E-state index contributed by atoms with van der Waals surface area (Å²) in [5.41, 5.74) is 1.26. The van der Waals surface area contributed by atoms with Gasteiger partial charge in [0.2, 0.25) is 0 Å². The number of aryl methyl sites for hydroxylation is 1. The van der Waals surface area contributed by atoms with Crippen LogP contribution in [0.4, 0.5) is 8.78 Å². The lowest BCUT2D eigenvalue weighted by molar-refractivity contribution is -0.0503. The fourth-order valence-corrected chi connectivity index (χ4v) is 1.43. The third-order valence-corrected chi connectivity index (χ3v) is 2.59. The largest absolute Gasteiger partial charge is 0.435 e. The molecule has 0 aliphatic carbocycles. The first-order valence-electron chi connectivity index (χ1n) is 4.71. The summed E-state index contributed by atoms with van der Waals surface area (Å²) in [5, 5.41) is 0. The van der Waals surface area contributed by atoms with E-state index in [1.807, 2.05) is 13.0 Å². The Bertz CT molecular complexity index is 373. The summed E-state index contributed by atoms with van der Waals surface area (Å²) in [6.45, 7) is 1.50. The Morgan fingerprint density at radius 3 is 2.67 bits per heavy atom. The number of halogens is 2. The highest BCUT2D eigenvalue weighted by Gasteiger charge is 2.41. The molecule has 4 heteroatoms. The van der Waals surface area contributed by atoms with Gasteiger partial charge >= 0.3 is 6.61 Å². The van der Waals surface area contributed by atoms with Crippen LogP contribution in [0.3, 0.4) is 0 Å². The Kier molecular flexibility index (Phi) is 2.38.